The molecule has 1 aromatic heterocycles. The third-order valence-corrected chi connectivity index (χ3v) is 4.05. The van der Waals surface area contributed by atoms with Crippen LogP contribution in [0.15, 0.2) is 35.7 Å². The molecule has 0 amide bonds. The van der Waals surface area contributed by atoms with E-state index in [1.807, 2.05) is 12.1 Å². The zero-order valence-corrected chi connectivity index (χ0v) is 12.0. The van der Waals surface area contributed by atoms with Crippen molar-refractivity contribution in [1.82, 2.24) is 0 Å². The number of rotatable bonds is 4. The molecule has 0 saturated carbocycles. The van der Waals surface area contributed by atoms with E-state index in [1.165, 1.54) is 16.1 Å². The highest BCUT2D eigenvalue weighted by atomic mass is 32.1. The van der Waals surface area contributed by atoms with Gasteiger partial charge in [-0.3, -0.25) is 0 Å². The van der Waals surface area contributed by atoms with E-state index in [2.05, 4.69) is 49.3 Å². The van der Waals surface area contributed by atoms with Crippen LogP contribution >= 0.6 is 11.3 Å². The molecule has 2 rings (SSSR count). The number of hydrogen-bond acceptors (Lipinski definition) is 3. The van der Waals surface area contributed by atoms with Crippen LogP contribution < -0.4 is 10.6 Å². The molecule has 0 aliphatic carbocycles. The Morgan fingerprint density at radius 2 is 2.00 bits per heavy atom. The summed E-state index contributed by atoms with van der Waals surface area (Å²) in [6.45, 7) is 7.47. The molecule has 0 saturated heterocycles. The Hall–Kier alpha value is -1.48. The second-order valence-corrected chi connectivity index (χ2v) is 5.82. The second-order valence-electron chi connectivity index (χ2n) is 4.79. The van der Waals surface area contributed by atoms with Gasteiger partial charge in [0.1, 0.15) is 0 Å². The van der Waals surface area contributed by atoms with Gasteiger partial charge < -0.3 is 10.6 Å². The van der Waals surface area contributed by atoms with E-state index in [0.29, 0.717) is 6.04 Å². The molecule has 0 aliphatic rings. The van der Waals surface area contributed by atoms with E-state index in [1.54, 1.807) is 11.3 Å². The maximum absolute atomic E-state index is 6.01. The van der Waals surface area contributed by atoms with Crippen LogP contribution in [-0.2, 0) is 6.54 Å². The van der Waals surface area contributed by atoms with Gasteiger partial charge >= 0.3 is 0 Å². The Labute approximate surface area is 113 Å². The summed E-state index contributed by atoms with van der Waals surface area (Å²) < 4.78 is 0. The molecule has 2 N–H and O–H groups in total. The van der Waals surface area contributed by atoms with Gasteiger partial charge in [-0.05, 0) is 49.9 Å². The first kappa shape index (κ1) is 13.0. The summed E-state index contributed by atoms with van der Waals surface area (Å²) in [5.41, 5.74) is 9.28. The second kappa shape index (κ2) is 5.44. The number of nitrogens with two attached hydrogens (primary N) is 1. The predicted octanol–water partition coefficient (Wildman–Crippen LogP) is 4.05. The minimum atomic E-state index is 0.451. The summed E-state index contributed by atoms with van der Waals surface area (Å²) in [4.78, 5) is 3.78. The third kappa shape index (κ3) is 2.67. The molecule has 2 nitrogen and oxygen atoms in total. The molecule has 96 valence electrons. The van der Waals surface area contributed by atoms with E-state index < -0.39 is 0 Å². The highest BCUT2D eigenvalue weighted by molar-refractivity contribution is 7.09. The van der Waals surface area contributed by atoms with Crippen molar-refractivity contribution in [2.45, 2.75) is 33.4 Å². The van der Waals surface area contributed by atoms with Gasteiger partial charge in [-0.15, -0.1) is 11.3 Å². The van der Waals surface area contributed by atoms with Gasteiger partial charge in [-0.25, -0.2) is 0 Å². The zero-order chi connectivity index (χ0) is 13.1. The summed E-state index contributed by atoms with van der Waals surface area (Å²) in [7, 11) is 0. The smallest absolute Gasteiger partial charge is 0.0525 e. The minimum Gasteiger partial charge on any atom is -0.398 e. The van der Waals surface area contributed by atoms with Gasteiger partial charge in [0.25, 0.3) is 0 Å². The van der Waals surface area contributed by atoms with E-state index in [-0.39, 0.29) is 0 Å². The third-order valence-electron chi connectivity index (χ3n) is 3.19. The molecule has 1 aromatic carbocycles. The summed E-state index contributed by atoms with van der Waals surface area (Å²) in [6, 6.07) is 10.9. The van der Waals surface area contributed by atoms with Crippen LogP contribution in [0, 0.1) is 6.92 Å². The van der Waals surface area contributed by atoms with Crippen LogP contribution in [0.3, 0.4) is 0 Å². The van der Waals surface area contributed by atoms with Crippen LogP contribution in [-0.4, -0.2) is 6.04 Å². The topological polar surface area (TPSA) is 29.3 Å². The lowest BCUT2D eigenvalue weighted by molar-refractivity contribution is 0.685. The Balaban J connectivity index is 2.33. The van der Waals surface area contributed by atoms with Crippen LogP contribution in [0.25, 0.3) is 0 Å². The van der Waals surface area contributed by atoms with Gasteiger partial charge in [-0.1, -0.05) is 12.1 Å². The number of nitrogen functional groups attached to an aromatic ring is 1. The highest BCUT2D eigenvalue weighted by Gasteiger charge is 2.14. The molecule has 2 aromatic rings. The molecular weight excluding hydrogens is 240 g/mol. The quantitative estimate of drug-likeness (QED) is 0.840. The summed E-state index contributed by atoms with van der Waals surface area (Å²) in [6.07, 6.45) is 0. The van der Waals surface area contributed by atoms with E-state index in [4.69, 9.17) is 5.73 Å². The van der Waals surface area contributed by atoms with Crippen molar-refractivity contribution in [2.75, 3.05) is 10.6 Å². The Morgan fingerprint density at radius 1 is 1.22 bits per heavy atom. The summed E-state index contributed by atoms with van der Waals surface area (Å²) >= 11 is 1.80. The molecule has 0 spiro atoms. The van der Waals surface area contributed by atoms with Crippen LogP contribution in [0.2, 0.25) is 0 Å². The fraction of sp³-hybridized carbons (Fsp3) is 0.333. The molecule has 0 bridgehead atoms. The molecule has 18 heavy (non-hydrogen) atoms. The van der Waals surface area contributed by atoms with Crippen LogP contribution in [0.1, 0.15) is 24.3 Å². The standard InChI is InChI=1S/C15H20N2S/c1-11(2)17(10-13-6-5-9-18-13)15-8-4-7-14(16)12(15)3/h4-9,11H,10,16H2,1-3H3. The maximum Gasteiger partial charge on any atom is 0.0525 e. The SMILES string of the molecule is Cc1c(N)cccc1N(Cc1cccs1)C(C)C. The Kier molecular flexibility index (Phi) is 3.92. The molecule has 0 unspecified atom stereocenters. The van der Waals surface area contributed by atoms with E-state index in [9.17, 15) is 0 Å². The maximum atomic E-state index is 6.01. The molecule has 0 radical (unpaired) electrons. The average molecular weight is 260 g/mol. The normalized spacial score (nSPS) is 10.9. The molecule has 0 aliphatic heterocycles. The van der Waals surface area contributed by atoms with Gasteiger partial charge in [-0.2, -0.15) is 0 Å². The van der Waals surface area contributed by atoms with Gasteiger partial charge in [0.2, 0.25) is 0 Å². The van der Waals surface area contributed by atoms with Crippen LogP contribution in [0.4, 0.5) is 11.4 Å². The van der Waals surface area contributed by atoms with Crippen molar-refractivity contribution in [2.24, 2.45) is 0 Å². The number of nitrogens with zero attached hydrogens (tertiary/aromatic N) is 1. The van der Waals surface area contributed by atoms with E-state index >= 15 is 0 Å². The molecule has 3 heteroatoms. The number of benzene rings is 1. The fourth-order valence-corrected chi connectivity index (χ4v) is 2.77. The summed E-state index contributed by atoms with van der Waals surface area (Å²) in [5.74, 6) is 0. The number of thiophene rings is 1. The predicted molar refractivity (Wildman–Crippen MR) is 81.2 cm³/mol. The van der Waals surface area contributed by atoms with Gasteiger partial charge in [0, 0.05) is 22.3 Å². The largest absolute Gasteiger partial charge is 0.398 e. The lowest BCUT2D eigenvalue weighted by Crippen LogP contribution is -2.30. The Bertz CT molecular complexity index is 503. The first-order valence-electron chi connectivity index (χ1n) is 6.23. The van der Waals surface area contributed by atoms with Crippen molar-refractivity contribution in [1.29, 1.82) is 0 Å². The van der Waals surface area contributed by atoms with Crippen molar-refractivity contribution < 1.29 is 0 Å². The number of anilines is 2. The molecule has 1 heterocycles. The van der Waals surface area contributed by atoms with Crippen molar-refractivity contribution in [3.63, 3.8) is 0 Å². The van der Waals surface area contributed by atoms with Crippen molar-refractivity contribution in [3.8, 4) is 0 Å². The molecule has 0 fully saturated rings. The Morgan fingerprint density at radius 3 is 2.61 bits per heavy atom. The molecule has 0 atom stereocenters. The monoisotopic (exact) mass is 260 g/mol. The van der Waals surface area contributed by atoms with Crippen LogP contribution in [0.5, 0.6) is 0 Å². The first-order chi connectivity index (χ1) is 8.59. The summed E-state index contributed by atoms with van der Waals surface area (Å²) in [5, 5.41) is 2.13. The fourth-order valence-electron chi connectivity index (χ4n) is 2.07. The average Bonchev–Trinajstić information content (AvgIpc) is 2.83. The first-order valence-corrected chi connectivity index (χ1v) is 7.11. The van der Waals surface area contributed by atoms with Gasteiger partial charge in [0.15, 0.2) is 0 Å². The van der Waals surface area contributed by atoms with Crippen molar-refractivity contribution in [3.05, 3.63) is 46.2 Å². The van der Waals surface area contributed by atoms with Gasteiger partial charge in [0.05, 0.1) is 6.54 Å². The van der Waals surface area contributed by atoms with Crippen molar-refractivity contribution >= 4 is 22.7 Å². The highest BCUT2D eigenvalue weighted by Crippen LogP contribution is 2.28. The number of hydrogen-bond donors (Lipinski definition) is 1. The van der Waals surface area contributed by atoms with E-state index in [0.717, 1.165) is 12.2 Å². The zero-order valence-electron chi connectivity index (χ0n) is 11.2. The lowest BCUT2D eigenvalue weighted by Gasteiger charge is -2.30. The molecular formula is C15H20N2S. The lowest BCUT2D eigenvalue weighted by atomic mass is 10.1. The minimum absolute atomic E-state index is 0.451.